The number of phenolic OH excluding ortho intramolecular Hbond substituents is 3. The number of rotatable bonds is 6. The summed E-state index contributed by atoms with van der Waals surface area (Å²) in [5.41, 5.74) is 10.3. The Hall–Kier alpha value is -3.01. The predicted octanol–water partition coefficient (Wildman–Crippen LogP) is -0.923. The number of esters is 2. The second-order valence-electron chi connectivity index (χ2n) is 4.66. The summed E-state index contributed by atoms with van der Waals surface area (Å²) in [7, 11) is 0. The third kappa shape index (κ3) is 5.36. The highest BCUT2D eigenvalue weighted by Gasteiger charge is 2.21. The second-order valence-corrected chi connectivity index (χ2v) is 4.66. The minimum atomic E-state index is -1.13. The van der Waals surface area contributed by atoms with Gasteiger partial charge in [-0.1, -0.05) is 0 Å². The molecule has 0 unspecified atom stereocenters. The summed E-state index contributed by atoms with van der Waals surface area (Å²) in [4.78, 5) is 23.4. The number of ether oxygens (including phenoxy) is 1. The van der Waals surface area contributed by atoms with Crippen molar-refractivity contribution in [2.24, 2.45) is 11.5 Å². The Morgan fingerprint density at radius 2 is 1.83 bits per heavy atom. The molecule has 10 nitrogen and oxygen atoms in total. The van der Waals surface area contributed by atoms with Gasteiger partial charge in [-0.05, 0) is 25.0 Å². The zero-order chi connectivity index (χ0) is 17.6. The zero-order valence-corrected chi connectivity index (χ0v) is 12.1. The molecule has 0 radical (unpaired) electrons. The molecule has 0 bridgehead atoms. The van der Waals surface area contributed by atoms with Gasteiger partial charge in [0.1, 0.15) is 6.04 Å². The van der Waals surface area contributed by atoms with Crippen molar-refractivity contribution in [2.75, 3.05) is 6.54 Å². The summed E-state index contributed by atoms with van der Waals surface area (Å²) in [6.07, 6.45) is 0.614. The molecule has 0 amide bonds. The first kappa shape index (κ1) is 18.0. The lowest BCUT2D eigenvalue weighted by atomic mass is 10.1. The molecule has 10 heteroatoms. The van der Waals surface area contributed by atoms with Gasteiger partial charge in [-0.25, -0.2) is 9.59 Å². The van der Waals surface area contributed by atoms with Crippen LogP contribution in [-0.2, 0) is 9.53 Å². The second kappa shape index (κ2) is 7.84. The van der Waals surface area contributed by atoms with Gasteiger partial charge < -0.3 is 36.8 Å². The summed E-state index contributed by atoms with van der Waals surface area (Å²) in [5.74, 6) is -4.57. The van der Waals surface area contributed by atoms with Gasteiger partial charge >= 0.3 is 11.9 Å². The van der Waals surface area contributed by atoms with E-state index in [1.807, 2.05) is 0 Å². The number of guanidine groups is 1. The number of hydrogen-bond acceptors (Lipinski definition) is 8. The highest BCUT2D eigenvalue weighted by atomic mass is 16.6. The van der Waals surface area contributed by atoms with Crippen molar-refractivity contribution in [1.29, 1.82) is 5.41 Å². The topological polar surface area (TPSA) is 192 Å². The molecular weight excluding hydrogens is 308 g/mol. The fourth-order valence-corrected chi connectivity index (χ4v) is 1.61. The summed E-state index contributed by atoms with van der Waals surface area (Å²) < 4.78 is 4.53. The van der Waals surface area contributed by atoms with Crippen LogP contribution in [0.3, 0.4) is 0 Å². The average molecular weight is 326 g/mol. The van der Waals surface area contributed by atoms with Gasteiger partial charge in [0.25, 0.3) is 0 Å². The van der Waals surface area contributed by atoms with Crippen molar-refractivity contribution in [3.8, 4) is 17.2 Å². The Morgan fingerprint density at radius 1 is 1.26 bits per heavy atom. The van der Waals surface area contributed by atoms with Crippen LogP contribution in [-0.4, -0.2) is 45.8 Å². The van der Waals surface area contributed by atoms with Crippen LogP contribution in [0.1, 0.15) is 23.2 Å². The van der Waals surface area contributed by atoms with Crippen molar-refractivity contribution < 1.29 is 29.6 Å². The molecule has 0 spiro atoms. The monoisotopic (exact) mass is 326 g/mol. The van der Waals surface area contributed by atoms with E-state index < -0.39 is 35.2 Å². The molecule has 0 aliphatic carbocycles. The molecule has 0 saturated heterocycles. The molecule has 1 aromatic rings. The molecule has 1 rings (SSSR count). The lowest BCUT2D eigenvalue weighted by molar-refractivity contribution is -0.139. The number of hydrogen-bond donors (Lipinski definition) is 7. The number of carbonyl (C=O) groups excluding carboxylic acids is 2. The molecule has 0 aromatic heterocycles. The van der Waals surface area contributed by atoms with E-state index in [4.69, 9.17) is 16.9 Å². The Bertz CT molecular complexity index is 595. The van der Waals surface area contributed by atoms with Crippen molar-refractivity contribution in [1.82, 2.24) is 5.32 Å². The van der Waals surface area contributed by atoms with Crippen LogP contribution in [0.15, 0.2) is 12.1 Å². The van der Waals surface area contributed by atoms with Crippen LogP contribution < -0.4 is 16.8 Å². The molecular formula is C13H18N4O6. The maximum Gasteiger partial charge on any atom is 0.346 e. The highest BCUT2D eigenvalue weighted by Crippen LogP contribution is 2.35. The minimum Gasteiger partial charge on any atom is -0.504 e. The minimum absolute atomic E-state index is 0.193. The van der Waals surface area contributed by atoms with Gasteiger partial charge in [-0.2, -0.15) is 0 Å². The standard InChI is InChI=1S/C13H18N4O6/c14-7(2-1-3-17-13(15)16)12(22)23-11(21)6-4-8(18)10(20)9(19)5-6/h4-5,7,18-20H,1-3,14H2,(H4,15,16,17)/t7-/m0/s1. The number of nitrogens with two attached hydrogens (primary N) is 2. The molecule has 0 aliphatic rings. The fraction of sp³-hybridized carbons (Fsp3) is 0.308. The first-order chi connectivity index (χ1) is 10.7. The van der Waals surface area contributed by atoms with Gasteiger partial charge in [0.15, 0.2) is 23.2 Å². The fourth-order valence-electron chi connectivity index (χ4n) is 1.61. The number of aromatic hydroxyl groups is 3. The van der Waals surface area contributed by atoms with Gasteiger partial charge in [0.05, 0.1) is 5.56 Å². The summed E-state index contributed by atoms with van der Waals surface area (Å²) in [6, 6.07) is 0.618. The Kier molecular flexibility index (Phi) is 6.15. The van der Waals surface area contributed by atoms with Crippen LogP contribution in [0.5, 0.6) is 17.2 Å². The van der Waals surface area contributed by atoms with Crippen molar-refractivity contribution >= 4 is 17.9 Å². The number of nitrogens with one attached hydrogen (secondary N) is 2. The van der Waals surface area contributed by atoms with Crippen molar-refractivity contribution in [3.63, 3.8) is 0 Å². The first-order valence-electron chi connectivity index (χ1n) is 6.56. The van der Waals surface area contributed by atoms with Crippen LogP contribution in [0.25, 0.3) is 0 Å². The van der Waals surface area contributed by atoms with Gasteiger partial charge in [-0.15, -0.1) is 0 Å². The van der Waals surface area contributed by atoms with Crippen LogP contribution in [0, 0.1) is 5.41 Å². The molecule has 0 heterocycles. The van der Waals surface area contributed by atoms with E-state index in [0.29, 0.717) is 13.0 Å². The highest BCUT2D eigenvalue weighted by molar-refractivity contribution is 5.98. The predicted molar refractivity (Wildman–Crippen MR) is 79.0 cm³/mol. The normalized spacial score (nSPS) is 11.5. The number of benzene rings is 1. The van der Waals surface area contributed by atoms with E-state index in [-0.39, 0.29) is 17.9 Å². The molecule has 0 saturated carbocycles. The lowest BCUT2D eigenvalue weighted by Gasteiger charge is -2.11. The van der Waals surface area contributed by atoms with E-state index in [0.717, 1.165) is 12.1 Å². The summed E-state index contributed by atoms with van der Waals surface area (Å²) >= 11 is 0. The van der Waals surface area contributed by atoms with E-state index >= 15 is 0 Å². The van der Waals surface area contributed by atoms with Gasteiger partial charge in [0.2, 0.25) is 0 Å². The molecule has 9 N–H and O–H groups in total. The van der Waals surface area contributed by atoms with Gasteiger partial charge in [-0.3, -0.25) is 5.41 Å². The Morgan fingerprint density at radius 3 is 2.35 bits per heavy atom. The molecule has 1 aromatic carbocycles. The largest absolute Gasteiger partial charge is 0.504 e. The maximum absolute atomic E-state index is 11.7. The zero-order valence-electron chi connectivity index (χ0n) is 12.1. The van der Waals surface area contributed by atoms with Crippen LogP contribution in [0.4, 0.5) is 0 Å². The molecule has 126 valence electrons. The average Bonchev–Trinajstić information content (AvgIpc) is 2.47. The molecule has 1 atom stereocenters. The van der Waals surface area contributed by atoms with E-state index in [1.54, 1.807) is 0 Å². The SMILES string of the molecule is N=C(N)NCCC[C@H](N)C(=O)OC(=O)c1cc(O)c(O)c(O)c1. The van der Waals surface area contributed by atoms with E-state index in [9.17, 15) is 24.9 Å². The summed E-state index contributed by atoms with van der Waals surface area (Å²) in [5, 5.41) is 37.2. The van der Waals surface area contributed by atoms with Crippen molar-refractivity contribution in [2.45, 2.75) is 18.9 Å². The quantitative estimate of drug-likeness (QED) is 0.0864. The van der Waals surface area contributed by atoms with Crippen molar-refractivity contribution in [3.05, 3.63) is 17.7 Å². The van der Waals surface area contributed by atoms with E-state index in [2.05, 4.69) is 10.1 Å². The summed E-state index contributed by atoms with van der Waals surface area (Å²) in [6.45, 7) is 0.337. The molecule has 0 fully saturated rings. The Labute approximate surface area is 131 Å². The maximum atomic E-state index is 11.7. The number of carbonyl (C=O) groups is 2. The van der Waals surface area contributed by atoms with Crippen LogP contribution in [0.2, 0.25) is 0 Å². The van der Waals surface area contributed by atoms with Crippen LogP contribution >= 0.6 is 0 Å². The Balaban J connectivity index is 2.56. The van der Waals surface area contributed by atoms with Gasteiger partial charge in [0, 0.05) is 6.54 Å². The lowest BCUT2D eigenvalue weighted by Crippen LogP contribution is -2.36. The molecule has 0 aliphatic heterocycles. The molecule has 23 heavy (non-hydrogen) atoms. The third-order valence-electron chi connectivity index (χ3n) is 2.81. The van der Waals surface area contributed by atoms with E-state index in [1.165, 1.54) is 0 Å². The number of phenols is 3. The smallest absolute Gasteiger partial charge is 0.346 e. The third-order valence-corrected chi connectivity index (χ3v) is 2.81. The first-order valence-corrected chi connectivity index (χ1v) is 6.56.